The number of hydrogen-bond donors (Lipinski definition) is 3. The molecule has 0 aliphatic heterocycles. The van der Waals surface area contributed by atoms with E-state index >= 15 is 0 Å². The monoisotopic (exact) mass is 332 g/mol. The first kappa shape index (κ1) is 17.0. The molecule has 0 saturated carbocycles. The van der Waals surface area contributed by atoms with E-state index in [1.54, 1.807) is 17.5 Å². The largest absolute Gasteiger partial charge is 0.375 e. The molecule has 0 saturated heterocycles. The molecule has 1 heterocycles. The summed E-state index contributed by atoms with van der Waals surface area (Å²) in [6, 6.07) is 7.30. The summed E-state index contributed by atoms with van der Waals surface area (Å²) in [5.74, 6) is -0.716. The van der Waals surface area contributed by atoms with Crippen LogP contribution in [0.15, 0.2) is 29.6 Å². The van der Waals surface area contributed by atoms with Gasteiger partial charge in [-0.3, -0.25) is 20.4 Å². The smallest absolute Gasteiger partial charge is 0.269 e. The van der Waals surface area contributed by atoms with Gasteiger partial charge in [0.15, 0.2) is 5.13 Å². The molecule has 0 unspecified atom stereocenters. The quantitative estimate of drug-likeness (QED) is 0.749. The summed E-state index contributed by atoms with van der Waals surface area (Å²) in [6.07, 6.45) is 0.0664. The van der Waals surface area contributed by atoms with Crippen LogP contribution in [0.2, 0.25) is 0 Å². The molecule has 1 aromatic carbocycles. The summed E-state index contributed by atoms with van der Waals surface area (Å²) >= 11 is 1.27. The number of carbonyl (C=O) groups excluding carboxylic acids is 2. The van der Waals surface area contributed by atoms with Crippen LogP contribution in [0.1, 0.15) is 42.4 Å². The maximum atomic E-state index is 12.0. The summed E-state index contributed by atoms with van der Waals surface area (Å²) in [6.45, 7) is 6.31. The molecule has 1 aromatic heterocycles. The van der Waals surface area contributed by atoms with Crippen LogP contribution in [0, 0.1) is 0 Å². The van der Waals surface area contributed by atoms with Gasteiger partial charge in [0, 0.05) is 10.9 Å². The van der Waals surface area contributed by atoms with Crippen molar-refractivity contribution in [2.24, 2.45) is 0 Å². The Bertz CT molecular complexity index is 702. The highest BCUT2D eigenvalue weighted by atomic mass is 32.1. The Labute approximate surface area is 139 Å². The number of nitrogen functional groups attached to an aromatic ring is 1. The van der Waals surface area contributed by atoms with Crippen molar-refractivity contribution in [3.63, 3.8) is 0 Å². The van der Waals surface area contributed by atoms with E-state index in [4.69, 9.17) is 5.73 Å². The summed E-state index contributed by atoms with van der Waals surface area (Å²) in [7, 11) is 0. The van der Waals surface area contributed by atoms with Gasteiger partial charge in [0.1, 0.15) is 0 Å². The third-order valence-electron chi connectivity index (χ3n) is 3.24. The normalized spacial score (nSPS) is 11.1. The maximum absolute atomic E-state index is 12.0. The van der Waals surface area contributed by atoms with Gasteiger partial charge in [0.2, 0.25) is 5.91 Å². The van der Waals surface area contributed by atoms with Gasteiger partial charge in [0.05, 0.1) is 12.1 Å². The Hall–Kier alpha value is -2.41. The van der Waals surface area contributed by atoms with Crippen molar-refractivity contribution >= 4 is 28.3 Å². The lowest BCUT2D eigenvalue weighted by Crippen LogP contribution is -2.42. The van der Waals surface area contributed by atoms with E-state index in [2.05, 4.69) is 36.6 Å². The fourth-order valence-electron chi connectivity index (χ4n) is 1.93. The van der Waals surface area contributed by atoms with E-state index in [9.17, 15) is 9.59 Å². The predicted octanol–water partition coefficient (Wildman–Crippen LogP) is 2.03. The zero-order valence-electron chi connectivity index (χ0n) is 13.3. The second-order valence-corrected chi connectivity index (χ2v) is 7.07. The van der Waals surface area contributed by atoms with Gasteiger partial charge < -0.3 is 5.73 Å². The van der Waals surface area contributed by atoms with Crippen LogP contribution in [0.4, 0.5) is 5.13 Å². The molecule has 2 rings (SSSR count). The maximum Gasteiger partial charge on any atom is 0.269 e. The highest BCUT2D eigenvalue weighted by molar-refractivity contribution is 7.13. The van der Waals surface area contributed by atoms with E-state index in [1.807, 2.05) is 12.1 Å². The van der Waals surface area contributed by atoms with E-state index in [0.717, 1.165) is 5.56 Å². The first-order valence-electron chi connectivity index (χ1n) is 7.15. The van der Waals surface area contributed by atoms with Crippen molar-refractivity contribution in [3.05, 3.63) is 46.5 Å². The molecular formula is C16H20N4O2S. The molecular weight excluding hydrogens is 312 g/mol. The first-order valence-corrected chi connectivity index (χ1v) is 8.03. The fourth-order valence-corrected chi connectivity index (χ4v) is 2.50. The molecule has 23 heavy (non-hydrogen) atoms. The Morgan fingerprint density at radius 3 is 2.35 bits per heavy atom. The molecule has 0 bridgehead atoms. The van der Waals surface area contributed by atoms with Crippen molar-refractivity contribution in [1.82, 2.24) is 15.8 Å². The Morgan fingerprint density at radius 1 is 1.17 bits per heavy atom. The number of hydrogen-bond acceptors (Lipinski definition) is 5. The van der Waals surface area contributed by atoms with Gasteiger partial charge in [-0.15, -0.1) is 11.3 Å². The lowest BCUT2D eigenvalue weighted by atomic mass is 9.87. The third kappa shape index (κ3) is 4.79. The second-order valence-electron chi connectivity index (χ2n) is 6.18. The van der Waals surface area contributed by atoms with Crippen LogP contribution >= 0.6 is 11.3 Å². The Morgan fingerprint density at radius 2 is 1.83 bits per heavy atom. The molecule has 2 amide bonds. The minimum atomic E-state index is -0.364. The molecule has 0 fully saturated rings. The number of carbonyl (C=O) groups is 2. The second kappa shape index (κ2) is 6.78. The minimum Gasteiger partial charge on any atom is -0.375 e. The van der Waals surface area contributed by atoms with Crippen LogP contribution in [-0.4, -0.2) is 16.8 Å². The highest BCUT2D eigenvalue weighted by Gasteiger charge is 2.14. The summed E-state index contributed by atoms with van der Waals surface area (Å²) < 4.78 is 0. The number of thiazole rings is 1. The number of benzene rings is 1. The molecule has 0 spiro atoms. The summed E-state index contributed by atoms with van der Waals surface area (Å²) in [4.78, 5) is 27.7. The van der Waals surface area contributed by atoms with Crippen LogP contribution in [0.25, 0.3) is 0 Å². The van der Waals surface area contributed by atoms with Crippen molar-refractivity contribution < 1.29 is 9.59 Å². The molecule has 4 N–H and O–H groups in total. The summed E-state index contributed by atoms with van der Waals surface area (Å²) in [5, 5.41) is 2.12. The van der Waals surface area contributed by atoms with E-state index in [-0.39, 0.29) is 23.7 Å². The molecule has 0 atom stereocenters. The highest BCUT2D eigenvalue weighted by Crippen LogP contribution is 2.22. The molecule has 2 aromatic rings. The van der Waals surface area contributed by atoms with Crippen molar-refractivity contribution in [1.29, 1.82) is 0 Å². The van der Waals surface area contributed by atoms with Crippen molar-refractivity contribution in [2.45, 2.75) is 32.6 Å². The zero-order chi connectivity index (χ0) is 17.0. The van der Waals surface area contributed by atoms with Gasteiger partial charge in [0.25, 0.3) is 5.91 Å². The molecule has 0 aliphatic rings. The molecule has 7 heteroatoms. The molecule has 6 nitrogen and oxygen atoms in total. The van der Waals surface area contributed by atoms with Crippen molar-refractivity contribution in [2.75, 3.05) is 5.73 Å². The topological polar surface area (TPSA) is 97.1 Å². The number of hydrazine groups is 1. The van der Waals surface area contributed by atoms with E-state index in [1.165, 1.54) is 11.3 Å². The predicted molar refractivity (Wildman–Crippen MR) is 91.0 cm³/mol. The number of nitrogens with zero attached hydrogens (tertiary/aromatic N) is 1. The standard InChI is InChI=1S/C16H20N4O2S/c1-16(2,3)11-6-4-10(5-7-11)14(22)20-19-13(21)8-12-9-23-15(17)18-12/h4-7,9H,8H2,1-3H3,(H2,17,18)(H,19,21)(H,20,22). The molecule has 0 radical (unpaired) electrons. The lowest BCUT2D eigenvalue weighted by molar-refractivity contribution is -0.121. The SMILES string of the molecule is CC(C)(C)c1ccc(C(=O)NNC(=O)Cc2csc(N)n2)cc1. The number of nitrogens with one attached hydrogen (secondary N) is 2. The number of amides is 2. The van der Waals surface area contributed by atoms with Crippen LogP contribution < -0.4 is 16.6 Å². The van der Waals surface area contributed by atoms with Crippen LogP contribution in [0.5, 0.6) is 0 Å². The van der Waals surface area contributed by atoms with Crippen LogP contribution in [0.3, 0.4) is 0 Å². The Balaban J connectivity index is 1.88. The van der Waals surface area contributed by atoms with Gasteiger partial charge in [-0.05, 0) is 23.1 Å². The number of rotatable bonds is 3. The number of nitrogens with two attached hydrogens (primary N) is 1. The third-order valence-corrected chi connectivity index (χ3v) is 3.96. The average molecular weight is 332 g/mol. The average Bonchev–Trinajstić information content (AvgIpc) is 2.89. The number of anilines is 1. The zero-order valence-corrected chi connectivity index (χ0v) is 14.2. The van der Waals surface area contributed by atoms with Gasteiger partial charge in [-0.1, -0.05) is 32.9 Å². The van der Waals surface area contributed by atoms with Gasteiger partial charge >= 0.3 is 0 Å². The summed E-state index contributed by atoms with van der Waals surface area (Å²) in [5.41, 5.74) is 12.5. The Kier molecular flexibility index (Phi) is 5.00. The van der Waals surface area contributed by atoms with Crippen molar-refractivity contribution in [3.8, 4) is 0 Å². The first-order chi connectivity index (χ1) is 10.8. The number of aromatic nitrogens is 1. The fraction of sp³-hybridized carbons (Fsp3) is 0.312. The van der Waals surface area contributed by atoms with E-state index < -0.39 is 0 Å². The van der Waals surface area contributed by atoms with Crippen LogP contribution in [-0.2, 0) is 16.6 Å². The van der Waals surface area contributed by atoms with E-state index in [0.29, 0.717) is 16.4 Å². The van der Waals surface area contributed by atoms with Gasteiger partial charge in [-0.25, -0.2) is 4.98 Å². The minimum absolute atomic E-state index is 0.0264. The van der Waals surface area contributed by atoms with Gasteiger partial charge in [-0.2, -0.15) is 0 Å². The lowest BCUT2D eigenvalue weighted by Gasteiger charge is -2.19. The molecule has 0 aliphatic carbocycles. The molecule has 122 valence electrons.